The number of fused-ring (bicyclic) bond motifs is 1. The van der Waals surface area contributed by atoms with Crippen molar-refractivity contribution in [2.45, 2.75) is 6.04 Å². The quantitative estimate of drug-likeness (QED) is 0.784. The van der Waals surface area contributed by atoms with Gasteiger partial charge in [-0.25, -0.2) is 9.07 Å². The molecule has 0 saturated carbocycles. The van der Waals surface area contributed by atoms with Crippen molar-refractivity contribution >= 4 is 11.6 Å². The molecule has 0 aliphatic carbocycles. The van der Waals surface area contributed by atoms with E-state index in [0.717, 1.165) is 17.0 Å². The maximum Gasteiger partial charge on any atom is 0.226 e. The fourth-order valence-electron chi connectivity index (χ4n) is 2.39. The van der Waals surface area contributed by atoms with Crippen LogP contribution in [0.1, 0.15) is 17.4 Å². The molecule has 0 bridgehead atoms. The summed E-state index contributed by atoms with van der Waals surface area (Å²) in [6, 6.07) is 9.84. The summed E-state index contributed by atoms with van der Waals surface area (Å²) in [4.78, 5) is 4.19. The monoisotopic (exact) mass is 282 g/mol. The third-order valence-electron chi connectivity index (χ3n) is 3.40. The third kappa shape index (κ3) is 2.01. The van der Waals surface area contributed by atoms with Gasteiger partial charge in [0.25, 0.3) is 0 Å². The molecular formula is C15H11FN4O. The Morgan fingerprint density at radius 3 is 2.81 bits per heavy atom. The van der Waals surface area contributed by atoms with Gasteiger partial charge < -0.3 is 9.73 Å². The van der Waals surface area contributed by atoms with Crippen LogP contribution in [0.3, 0.4) is 0 Å². The van der Waals surface area contributed by atoms with Gasteiger partial charge in [-0.3, -0.25) is 0 Å². The fourth-order valence-corrected chi connectivity index (χ4v) is 2.39. The normalized spacial score (nSPS) is 17.0. The molecule has 3 aromatic rings. The molecule has 0 amide bonds. The van der Waals surface area contributed by atoms with E-state index in [1.165, 1.54) is 18.5 Å². The van der Waals surface area contributed by atoms with Gasteiger partial charge in [0.2, 0.25) is 5.95 Å². The number of hydrogen-bond donors (Lipinski definition) is 1. The van der Waals surface area contributed by atoms with E-state index >= 15 is 0 Å². The zero-order valence-corrected chi connectivity index (χ0v) is 10.9. The average Bonchev–Trinajstić information content (AvgIpc) is 3.18. The Labute approximate surface area is 119 Å². The summed E-state index contributed by atoms with van der Waals surface area (Å²) in [5, 5.41) is 7.41. The molecule has 1 aliphatic rings. The molecule has 104 valence electrons. The molecule has 0 fully saturated rings. The number of nitrogens with zero attached hydrogens (tertiary/aromatic N) is 3. The summed E-state index contributed by atoms with van der Waals surface area (Å²) in [7, 11) is 0. The lowest BCUT2D eigenvalue weighted by Gasteiger charge is -2.22. The third-order valence-corrected chi connectivity index (χ3v) is 3.40. The predicted molar refractivity (Wildman–Crippen MR) is 74.9 cm³/mol. The molecule has 1 aromatic carbocycles. The highest BCUT2D eigenvalue weighted by Gasteiger charge is 2.25. The minimum absolute atomic E-state index is 0.182. The van der Waals surface area contributed by atoms with Crippen LogP contribution in [0.4, 0.5) is 10.3 Å². The van der Waals surface area contributed by atoms with Crippen molar-refractivity contribution in [2.24, 2.45) is 0 Å². The molecule has 5 nitrogen and oxygen atoms in total. The van der Waals surface area contributed by atoms with Gasteiger partial charge in [-0.15, -0.1) is 0 Å². The van der Waals surface area contributed by atoms with Crippen LogP contribution in [-0.2, 0) is 0 Å². The van der Waals surface area contributed by atoms with Gasteiger partial charge in [0.05, 0.1) is 6.26 Å². The molecule has 1 aliphatic heterocycles. The number of rotatable bonds is 2. The number of anilines is 1. The molecular weight excluding hydrogens is 271 g/mol. The maximum atomic E-state index is 13.1. The van der Waals surface area contributed by atoms with Crippen LogP contribution >= 0.6 is 0 Å². The Morgan fingerprint density at radius 2 is 2.05 bits per heavy atom. The van der Waals surface area contributed by atoms with E-state index in [1.807, 2.05) is 18.2 Å². The highest BCUT2D eigenvalue weighted by Crippen LogP contribution is 2.31. The largest absolute Gasteiger partial charge is 0.467 e. The smallest absolute Gasteiger partial charge is 0.226 e. The molecule has 21 heavy (non-hydrogen) atoms. The molecule has 0 saturated heterocycles. The molecule has 6 heteroatoms. The lowest BCUT2D eigenvalue weighted by Crippen LogP contribution is -2.19. The Kier molecular flexibility index (Phi) is 2.60. The number of halogens is 1. The minimum Gasteiger partial charge on any atom is -0.467 e. The number of furan rings is 1. The van der Waals surface area contributed by atoms with Crippen molar-refractivity contribution in [2.75, 3.05) is 5.32 Å². The summed E-state index contributed by atoms with van der Waals surface area (Å²) in [6.07, 6.45) is 5.09. The van der Waals surface area contributed by atoms with Crippen molar-refractivity contribution in [1.82, 2.24) is 14.8 Å². The second-order valence-corrected chi connectivity index (χ2v) is 4.70. The predicted octanol–water partition coefficient (Wildman–Crippen LogP) is 3.07. The Morgan fingerprint density at radius 1 is 1.19 bits per heavy atom. The van der Waals surface area contributed by atoms with Crippen molar-refractivity contribution in [3.63, 3.8) is 0 Å². The number of allylic oxidation sites excluding steroid dienone is 1. The standard InChI is InChI=1S/C15H11FN4O/c16-11-5-3-10(4-6-11)12-8-13(14-2-1-7-21-14)20-15(19-12)17-9-18-20/h1-9,13H,(H,17,18,19)/t13-/m1/s1. The summed E-state index contributed by atoms with van der Waals surface area (Å²) in [5.41, 5.74) is 1.72. The van der Waals surface area contributed by atoms with E-state index in [2.05, 4.69) is 15.4 Å². The van der Waals surface area contributed by atoms with Crippen LogP contribution < -0.4 is 5.32 Å². The van der Waals surface area contributed by atoms with Gasteiger partial charge in [0.15, 0.2) is 0 Å². The summed E-state index contributed by atoms with van der Waals surface area (Å²) < 4.78 is 20.3. The first-order valence-electron chi connectivity index (χ1n) is 6.49. The zero-order valence-electron chi connectivity index (χ0n) is 10.9. The number of hydrogen-bond acceptors (Lipinski definition) is 4. The van der Waals surface area contributed by atoms with Gasteiger partial charge in [0, 0.05) is 5.70 Å². The molecule has 2 aromatic heterocycles. The number of nitrogens with one attached hydrogen (secondary N) is 1. The Balaban J connectivity index is 1.80. The molecule has 1 atom stereocenters. The van der Waals surface area contributed by atoms with Crippen LogP contribution in [0.5, 0.6) is 0 Å². The van der Waals surface area contributed by atoms with Crippen molar-refractivity contribution in [1.29, 1.82) is 0 Å². The SMILES string of the molecule is Fc1ccc(C2=C[C@H](c3ccco3)n3ncnc3N2)cc1. The van der Waals surface area contributed by atoms with Gasteiger partial charge in [-0.05, 0) is 48.0 Å². The van der Waals surface area contributed by atoms with Crippen LogP contribution in [-0.4, -0.2) is 14.8 Å². The van der Waals surface area contributed by atoms with Gasteiger partial charge in [-0.2, -0.15) is 10.1 Å². The van der Waals surface area contributed by atoms with Crippen LogP contribution in [0.2, 0.25) is 0 Å². The minimum atomic E-state index is -0.263. The Hall–Kier alpha value is -2.89. The van der Waals surface area contributed by atoms with E-state index in [1.54, 1.807) is 23.1 Å². The molecule has 0 radical (unpaired) electrons. The lowest BCUT2D eigenvalue weighted by molar-refractivity contribution is 0.448. The van der Waals surface area contributed by atoms with Crippen molar-refractivity contribution < 1.29 is 8.81 Å². The Bertz CT molecular complexity index is 789. The average molecular weight is 282 g/mol. The first-order chi connectivity index (χ1) is 10.3. The highest BCUT2D eigenvalue weighted by atomic mass is 19.1. The zero-order chi connectivity index (χ0) is 14.2. The summed E-state index contributed by atoms with van der Waals surface area (Å²) in [5.74, 6) is 1.13. The van der Waals surface area contributed by atoms with E-state index in [9.17, 15) is 4.39 Å². The second kappa shape index (κ2) is 4.59. The molecule has 0 spiro atoms. The van der Waals surface area contributed by atoms with Gasteiger partial charge in [0.1, 0.15) is 23.9 Å². The first-order valence-corrected chi connectivity index (χ1v) is 6.49. The summed E-state index contributed by atoms with van der Waals surface area (Å²) >= 11 is 0. The van der Waals surface area contributed by atoms with E-state index < -0.39 is 0 Å². The van der Waals surface area contributed by atoms with Gasteiger partial charge in [-0.1, -0.05) is 0 Å². The lowest BCUT2D eigenvalue weighted by atomic mass is 10.1. The van der Waals surface area contributed by atoms with E-state index in [0.29, 0.717) is 5.95 Å². The number of benzene rings is 1. The fraction of sp³-hybridized carbons (Fsp3) is 0.0667. The number of aromatic nitrogens is 3. The van der Waals surface area contributed by atoms with Gasteiger partial charge >= 0.3 is 0 Å². The van der Waals surface area contributed by atoms with Crippen molar-refractivity contribution in [3.8, 4) is 0 Å². The van der Waals surface area contributed by atoms with E-state index in [4.69, 9.17) is 4.42 Å². The molecule has 3 heterocycles. The van der Waals surface area contributed by atoms with E-state index in [-0.39, 0.29) is 11.9 Å². The second-order valence-electron chi connectivity index (χ2n) is 4.70. The van der Waals surface area contributed by atoms with Crippen LogP contribution in [0, 0.1) is 5.82 Å². The maximum absolute atomic E-state index is 13.1. The topological polar surface area (TPSA) is 55.9 Å². The van der Waals surface area contributed by atoms with Crippen LogP contribution in [0.25, 0.3) is 5.70 Å². The van der Waals surface area contributed by atoms with Crippen LogP contribution in [0.15, 0.2) is 59.5 Å². The highest BCUT2D eigenvalue weighted by molar-refractivity contribution is 5.76. The molecule has 4 rings (SSSR count). The molecule has 0 unspecified atom stereocenters. The van der Waals surface area contributed by atoms with Crippen molar-refractivity contribution in [3.05, 3.63) is 72.2 Å². The summed E-state index contributed by atoms with van der Waals surface area (Å²) in [6.45, 7) is 0. The first kappa shape index (κ1) is 11.9. The molecule has 1 N–H and O–H groups in total.